The summed E-state index contributed by atoms with van der Waals surface area (Å²) >= 11 is 5.41. The summed E-state index contributed by atoms with van der Waals surface area (Å²) in [6, 6.07) is 1.31. The number of carbonyl (C=O) groups is 1. The van der Waals surface area contributed by atoms with Crippen molar-refractivity contribution in [1.29, 1.82) is 0 Å². The van der Waals surface area contributed by atoms with Gasteiger partial charge >= 0.3 is 0 Å². The lowest BCUT2D eigenvalue weighted by molar-refractivity contribution is 0.0922. The maximum absolute atomic E-state index is 11.0. The Morgan fingerprint density at radius 3 is 3.17 bits per heavy atom. The van der Waals surface area contributed by atoms with Crippen molar-refractivity contribution in [3.63, 3.8) is 0 Å². The van der Waals surface area contributed by atoms with Gasteiger partial charge in [0.1, 0.15) is 0 Å². The van der Waals surface area contributed by atoms with Gasteiger partial charge in [-0.15, -0.1) is 6.42 Å². The molecule has 0 spiro atoms. The van der Waals surface area contributed by atoms with Gasteiger partial charge in [-0.3, -0.25) is 4.79 Å². The Morgan fingerprint density at radius 2 is 2.67 bits per heavy atom. The summed E-state index contributed by atoms with van der Waals surface area (Å²) in [6.45, 7) is 0.150. The van der Waals surface area contributed by atoms with Gasteiger partial charge in [0, 0.05) is 6.07 Å². The number of hydrogen-bond donors (Lipinski definition) is 1. The molecule has 0 bridgehead atoms. The molecule has 0 saturated heterocycles. The first kappa shape index (κ1) is 8.62. The van der Waals surface area contributed by atoms with Crippen LogP contribution in [-0.4, -0.2) is 17.6 Å². The predicted octanol–water partition coefficient (Wildman–Crippen LogP) is 0.691. The molecule has 0 radical (unpaired) electrons. The van der Waals surface area contributed by atoms with Gasteiger partial charge in [-0.25, -0.2) is 0 Å². The van der Waals surface area contributed by atoms with Gasteiger partial charge in [0.25, 0.3) is 5.91 Å². The molecular formula is C7H5ClN2O2. The fourth-order valence-electron chi connectivity index (χ4n) is 0.579. The summed E-state index contributed by atoms with van der Waals surface area (Å²) in [6.07, 6.45) is 4.92. The van der Waals surface area contributed by atoms with Crippen molar-refractivity contribution in [1.82, 2.24) is 10.5 Å². The summed E-state index contributed by atoms with van der Waals surface area (Å²) in [4.78, 5) is 11.0. The number of hydrogen-bond acceptors (Lipinski definition) is 3. The van der Waals surface area contributed by atoms with Gasteiger partial charge in [-0.05, 0) is 0 Å². The molecule has 0 aliphatic rings. The monoisotopic (exact) mass is 184 g/mol. The van der Waals surface area contributed by atoms with E-state index in [1.807, 2.05) is 0 Å². The van der Waals surface area contributed by atoms with Crippen LogP contribution >= 0.6 is 11.6 Å². The van der Waals surface area contributed by atoms with E-state index >= 15 is 0 Å². The molecular weight excluding hydrogens is 180 g/mol. The Hall–Kier alpha value is -1.47. The Labute approximate surface area is 73.9 Å². The van der Waals surface area contributed by atoms with E-state index in [0.29, 0.717) is 0 Å². The molecule has 0 aliphatic heterocycles. The van der Waals surface area contributed by atoms with Crippen LogP contribution in [0.2, 0.25) is 5.15 Å². The average molecular weight is 185 g/mol. The van der Waals surface area contributed by atoms with Crippen LogP contribution in [0.5, 0.6) is 0 Å². The molecule has 1 aromatic heterocycles. The molecule has 0 saturated carbocycles. The minimum absolute atomic E-state index is 0.0512. The first-order valence-electron chi connectivity index (χ1n) is 3.08. The predicted molar refractivity (Wildman–Crippen MR) is 42.7 cm³/mol. The molecule has 0 unspecified atom stereocenters. The average Bonchev–Trinajstić information content (AvgIpc) is 2.47. The van der Waals surface area contributed by atoms with E-state index in [1.165, 1.54) is 6.07 Å². The largest absolute Gasteiger partial charge is 0.349 e. The third kappa shape index (κ3) is 2.01. The number of nitrogens with zero attached hydrogens (tertiary/aromatic N) is 1. The van der Waals surface area contributed by atoms with Crippen molar-refractivity contribution in [2.75, 3.05) is 6.54 Å². The van der Waals surface area contributed by atoms with Gasteiger partial charge < -0.3 is 9.84 Å². The summed E-state index contributed by atoms with van der Waals surface area (Å²) in [5.41, 5.74) is 0. The number of halogens is 1. The highest BCUT2D eigenvalue weighted by Crippen LogP contribution is 2.07. The van der Waals surface area contributed by atoms with E-state index in [0.717, 1.165) is 0 Å². The Balaban J connectivity index is 2.61. The van der Waals surface area contributed by atoms with Crippen LogP contribution in [0.1, 0.15) is 10.6 Å². The van der Waals surface area contributed by atoms with E-state index in [9.17, 15) is 4.79 Å². The van der Waals surface area contributed by atoms with Gasteiger partial charge in [0.05, 0.1) is 6.54 Å². The molecule has 0 atom stereocenters. The maximum Gasteiger partial charge on any atom is 0.290 e. The van der Waals surface area contributed by atoms with Gasteiger partial charge in [0.15, 0.2) is 5.15 Å². The molecule has 1 N–H and O–H groups in total. The Bertz CT molecular complexity index is 326. The lowest BCUT2D eigenvalue weighted by atomic mass is 10.4. The number of aromatic nitrogens is 1. The standard InChI is InChI=1S/C7H5ClN2O2/c1-2-3-9-7(11)5-4-6(8)10-12-5/h1,4H,3H2,(H,9,11). The van der Waals surface area contributed by atoms with Crippen LogP contribution in [0.3, 0.4) is 0 Å². The van der Waals surface area contributed by atoms with Crippen molar-refractivity contribution in [2.24, 2.45) is 0 Å². The first-order valence-corrected chi connectivity index (χ1v) is 3.45. The molecule has 1 rings (SSSR count). The van der Waals surface area contributed by atoms with Crippen LogP contribution in [0.15, 0.2) is 10.6 Å². The fourth-order valence-corrected chi connectivity index (χ4v) is 0.713. The smallest absolute Gasteiger partial charge is 0.290 e. The second-order valence-corrected chi connectivity index (χ2v) is 2.29. The third-order valence-corrected chi connectivity index (χ3v) is 1.23. The summed E-state index contributed by atoms with van der Waals surface area (Å²) < 4.78 is 4.56. The second-order valence-electron chi connectivity index (χ2n) is 1.90. The van der Waals surface area contributed by atoms with Crippen molar-refractivity contribution < 1.29 is 9.32 Å². The highest BCUT2D eigenvalue weighted by atomic mass is 35.5. The molecule has 62 valence electrons. The van der Waals surface area contributed by atoms with Gasteiger partial charge in [-0.1, -0.05) is 22.7 Å². The minimum Gasteiger partial charge on any atom is -0.349 e. The van der Waals surface area contributed by atoms with Crippen LogP contribution in [-0.2, 0) is 0 Å². The van der Waals surface area contributed by atoms with Gasteiger partial charge in [0.2, 0.25) is 5.76 Å². The number of carbonyl (C=O) groups excluding carboxylic acids is 1. The van der Waals surface area contributed by atoms with E-state index in [4.69, 9.17) is 18.0 Å². The first-order chi connectivity index (χ1) is 5.74. The minimum atomic E-state index is -0.424. The lowest BCUT2D eigenvalue weighted by Crippen LogP contribution is -2.22. The summed E-state index contributed by atoms with van der Waals surface area (Å²) in [5, 5.41) is 5.86. The Morgan fingerprint density at radius 1 is 1.92 bits per heavy atom. The topological polar surface area (TPSA) is 55.1 Å². The molecule has 1 heterocycles. The van der Waals surface area contributed by atoms with E-state index in [1.54, 1.807) is 0 Å². The molecule has 5 heteroatoms. The van der Waals surface area contributed by atoms with Crippen LogP contribution in [0.4, 0.5) is 0 Å². The maximum atomic E-state index is 11.0. The van der Waals surface area contributed by atoms with Crippen molar-refractivity contribution in [2.45, 2.75) is 0 Å². The third-order valence-electron chi connectivity index (χ3n) is 1.06. The van der Waals surface area contributed by atoms with Gasteiger partial charge in [-0.2, -0.15) is 0 Å². The van der Waals surface area contributed by atoms with E-state index in [2.05, 4.69) is 20.9 Å². The molecule has 4 nitrogen and oxygen atoms in total. The number of terminal acetylenes is 1. The van der Waals surface area contributed by atoms with Crippen molar-refractivity contribution in [3.8, 4) is 12.3 Å². The SMILES string of the molecule is C#CCNC(=O)c1cc(Cl)no1. The van der Waals surface area contributed by atoms with Crippen LogP contribution < -0.4 is 5.32 Å². The fraction of sp³-hybridized carbons (Fsp3) is 0.143. The molecule has 0 aromatic carbocycles. The lowest BCUT2D eigenvalue weighted by Gasteiger charge is -1.93. The summed E-state index contributed by atoms with van der Waals surface area (Å²) in [5.74, 6) is 1.88. The number of rotatable bonds is 2. The highest BCUT2D eigenvalue weighted by molar-refractivity contribution is 6.29. The zero-order valence-electron chi connectivity index (χ0n) is 6.00. The van der Waals surface area contributed by atoms with E-state index in [-0.39, 0.29) is 17.5 Å². The molecule has 1 aromatic rings. The Kier molecular flexibility index (Phi) is 2.72. The van der Waals surface area contributed by atoms with E-state index < -0.39 is 5.91 Å². The number of amides is 1. The van der Waals surface area contributed by atoms with Crippen molar-refractivity contribution in [3.05, 3.63) is 17.0 Å². The molecule has 12 heavy (non-hydrogen) atoms. The quantitative estimate of drug-likeness (QED) is 0.689. The van der Waals surface area contributed by atoms with Crippen molar-refractivity contribution >= 4 is 17.5 Å². The van der Waals surface area contributed by atoms with Crippen LogP contribution in [0, 0.1) is 12.3 Å². The normalized spacial score (nSPS) is 9.00. The van der Waals surface area contributed by atoms with Crippen LogP contribution in [0.25, 0.3) is 0 Å². The zero-order valence-corrected chi connectivity index (χ0v) is 6.76. The second kappa shape index (κ2) is 3.79. The molecule has 0 aliphatic carbocycles. The highest BCUT2D eigenvalue weighted by Gasteiger charge is 2.10. The molecule has 0 fully saturated rings. The zero-order chi connectivity index (χ0) is 8.97. The number of nitrogens with one attached hydrogen (secondary N) is 1. The summed E-state index contributed by atoms with van der Waals surface area (Å²) in [7, 11) is 0. The molecule has 1 amide bonds.